The van der Waals surface area contributed by atoms with E-state index in [1.807, 2.05) is 0 Å². The van der Waals surface area contributed by atoms with Gasteiger partial charge >= 0.3 is 12.1 Å². The Hall–Kier alpha value is -1.96. The van der Waals surface area contributed by atoms with Gasteiger partial charge in [0.2, 0.25) is 0 Å². The number of thiazole rings is 1. The Kier molecular flexibility index (Phi) is 5.29. The van der Waals surface area contributed by atoms with Crippen molar-refractivity contribution in [2.45, 2.75) is 52.7 Å². The van der Waals surface area contributed by atoms with Crippen molar-refractivity contribution in [3.05, 3.63) is 11.1 Å². The lowest BCUT2D eigenvalue weighted by molar-refractivity contribution is -0.148. The first-order chi connectivity index (χ1) is 9.87. The molecule has 1 aromatic heterocycles. The van der Waals surface area contributed by atoms with E-state index in [1.54, 1.807) is 41.5 Å². The molecule has 0 spiro atoms. The van der Waals surface area contributed by atoms with Gasteiger partial charge in [-0.25, -0.2) is 14.6 Å². The molecule has 122 valence electrons. The van der Waals surface area contributed by atoms with Gasteiger partial charge in [0.25, 0.3) is 5.78 Å². The second-order valence-corrected chi connectivity index (χ2v) is 7.35. The Morgan fingerprint density at radius 2 is 1.59 bits per heavy atom. The summed E-state index contributed by atoms with van der Waals surface area (Å²) >= 11 is 1.02. The Labute approximate surface area is 133 Å². The van der Waals surface area contributed by atoms with Crippen LogP contribution in [0.15, 0.2) is 5.38 Å². The monoisotopic (exact) mass is 328 g/mol. The molecule has 0 radical (unpaired) electrons. The third kappa shape index (κ3) is 6.21. The van der Waals surface area contributed by atoms with Gasteiger partial charge in [0.15, 0.2) is 5.13 Å². The quantitative estimate of drug-likeness (QED) is 0.520. The molecule has 0 atom stereocenters. The van der Waals surface area contributed by atoms with E-state index < -0.39 is 29.0 Å². The molecular formula is C14H20N2O5S. The number of ketones is 1. The molecule has 0 saturated carbocycles. The topological polar surface area (TPSA) is 94.6 Å². The number of Topliss-reactive ketones (excluding diaryl/α,β-unsaturated/α-hetero) is 1. The van der Waals surface area contributed by atoms with Crippen molar-refractivity contribution in [2.24, 2.45) is 0 Å². The first-order valence-corrected chi connectivity index (χ1v) is 7.48. The Bertz CT molecular complexity index is 581. The van der Waals surface area contributed by atoms with E-state index in [4.69, 9.17) is 9.47 Å². The third-order valence-corrected chi connectivity index (χ3v) is 2.69. The number of carbonyl (C=O) groups is 3. The van der Waals surface area contributed by atoms with Crippen LogP contribution >= 0.6 is 11.3 Å². The number of esters is 1. The lowest BCUT2D eigenvalue weighted by Gasteiger charge is -2.19. The molecule has 1 N–H and O–H groups in total. The molecule has 0 aliphatic rings. The highest BCUT2D eigenvalue weighted by Gasteiger charge is 2.26. The highest BCUT2D eigenvalue weighted by Crippen LogP contribution is 2.18. The number of aromatic nitrogens is 1. The minimum absolute atomic E-state index is 0.0784. The molecule has 1 rings (SSSR count). The van der Waals surface area contributed by atoms with Gasteiger partial charge < -0.3 is 9.47 Å². The molecule has 1 amide bonds. The fraction of sp³-hybridized carbons (Fsp3) is 0.571. The predicted molar refractivity (Wildman–Crippen MR) is 82.1 cm³/mol. The highest BCUT2D eigenvalue weighted by molar-refractivity contribution is 7.14. The van der Waals surface area contributed by atoms with Crippen LogP contribution in [-0.2, 0) is 14.3 Å². The average molecular weight is 328 g/mol. The maximum absolute atomic E-state index is 11.9. The van der Waals surface area contributed by atoms with Crippen molar-refractivity contribution in [1.82, 2.24) is 4.98 Å². The lowest BCUT2D eigenvalue weighted by Crippen LogP contribution is -2.29. The van der Waals surface area contributed by atoms with Crippen LogP contribution in [-0.4, -0.2) is 34.0 Å². The van der Waals surface area contributed by atoms with Gasteiger partial charge in [-0.3, -0.25) is 10.1 Å². The average Bonchev–Trinajstić information content (AvgIpc) is 2.71. The van der Waals surface area contributed by atoms with Crippen molar-refractivity contribution in [1.29, 1.82) is 0 Å². The van der Waals surface area contributed by atoms with Crippen LogP contribution in [0, 0.1) is 0 Å². The van der Waals surface area contributed by atoms with E-state index >= 15 is 0 Å². The number of carbonyl (C=O) groups excluding carboxylic acids is 3. The number of rotatable bonds is 3. The molecule has 0 unspecified atom stereocenters. The smallest absolute Gasteiger partial charge is 0.413 e. The van der Waals surface area contributed by atoms with Crippen LogP contribution < -0.4 is 5.32 Å². The second kappa shape index (κ2) is 6.43. The van der Waals surface area contributed by atoms with Crippen molar-refractivity contribution in [3.8, 4) is 0 Å². The minimum Gasteiger partial charge on any atom is -0.454 e. The summed E-state index contributed by atoms with van der Waals surface area (Å²) in [5, 5.41) is 3.94. The van der Waals surface area contributed by atoms with E-state index in [1.165, 1.54) is 5.38 Å². The number of nitrogens with one attached hydrogen (secondary N) is 1. The number of nitrogens with zero attached hydrogens (tertiary/aromatic N) is 1. The van der Waals surface area contributed by atoms with Crippen molar-refractivity contribution in [3.63, 3.8) is 0 Å². The molecule has 0 saturated heterocycles. The molecule has 0 fully saturated rings. The van der Waals surface area contributed by atoms with E-state index in [-0.39, 0.29) is 10.8 Å². The summed E-state index contributed by atoms with van der Waals surface area (Å²) in [7, 11) is 0. The van der Waals surface area contributed by atoms with Crippen molar-refractivity contribution < 1.29 is 23.9 Å². The summed E-state index contributed by atoms with van der Waals surface area (Å²) in [4.78, 5) is 39.0. The van der Waals surface area contributed by atoms with Gasteiger partial charge in [-0.15, -0.1) is 11.3 Å². The van der Waals surface area contributed by atoms with Gasteiger partial charge in [0.05, 0.1) is 0 Å². The minimum atomic E-state index is -0.985. The Balaban J connectivity index is 2.70. The number of hydrogen-bond donors (Lipinski definition) is 1. The van der Waals surface area contributed by atoms with Gasteiger partial charge in [0.1, 0.15) is 16.9 Å². The third-order valence-electron chi connectivity index (χ3n) is 1.93. The summed E-state index contributed by atoms with van der Waals surface area (Å²) in [6.07, 6.45) is -0.682. The predicted octanol–water partition coefficient (Wildman–Crippen LogP) is 3.01. The summed E-state index contributed by atoms with van der Waals surface area (Å²) in [6.45, 7) is 10.2. The SMILES string of the molecule is CC(C)(C)OC(=O)Nc1nc(C(=O)C(=O)OC(C)(C)C)cs1. The van der Waals surface area contributed by atoms with Crippen LogP contribution in [0.1, 0.15) is 52.0 Å². The van der Waals surface area contributed by atoms with Crippen LogP contribution in [0.25, 0.3) is 0 Å². The second-order valence-electron chi connectivity index (χ2n) is 6.50. The molecule has 1 heterocycles. The van der Waals surface area contributed by atoms with Gasteiger partial charge in [-0.1, -0.05) is 0 Å². The molecule has 7 nitrogen and oxygen atoms in total. The molecule has 0 aliphatic carbocycles. The Morgan fingerprint density at radius 1 is 1.05 bits per heavy atom. The number of hydrogen-bond acceptors (Lipinski definition) is 7. The summed E-state index contributed by atoms with van der Waals surface area (Å²) in [5.41, 5.74) is -1.48. The molecule has 8 heteroatoms. The zero-order valence-corrected chi connectivity index (χ0v) is 14.3. The lowest BCUT2D eigenvalue weighted by atomic mass is 10.2. The van der Waals surface area contributed by atoms with Crippen LogP contribution in [0.2, 0.25) is 0 Å². The number of ether oxygens (including phenoxy) is 2. The standard InChI is InChI=1S/C14H20N2O5S/c1-13(2,3)20-10(18)9(17)8-7-22-11(15-8)16-12(19)21-14(4,5)6/h7H,1-6H3,(H,15,16,19). The van der Waals surface area contributed by atoms with Crippen LogP contribution in [0.5, 0.6) is 0 Å². The van der Waals surface area contributed by atoms with Gasteiger partial charge in [-0.2, -0.15) is 0 Å². The van der Waals surface area contributed by atoms with Crippen molar-refractivity contribution in [2.75, 3.05) is 5.32 Å². The van der Waals surface area contributed by atoms with E-state index in [0.717, 1.165) is 11.3 Å². The molecule has 0 aromatic carbocycles. The van der Waals surface area contributed by atoms with Gasteiger partial charge in [-0.05, 0) is 41.5 Å². The van der Waals surface area contributed by atoms with Gasteiger partial charge in [0, 0.05) is 5.38 Å². The van der Waals surface area contributed by atoms with Crippen LogP contribution in [0.4, 0.5) is 9.93 Å². The zero-order chi connectivity index (χ0) is 17.1. The highest BCUT2D eigenvalue weighted by atomic mass is 32.1. The molecule has 0 bridgehead atoms. The van der Waals surface area contributed by atoms with Crippen LogP contribution in [0.3, 0.4) is 0 Å². The first-order valence-electron chi connectivity index (χ1n) is 6.60. The normalized spacial score (nSPS) is 11.7. The maximum Gasteiger partial charge on any atom is 0.413 e. The summed E-state index contributed by atoms with van der Waals surface area (Å²) in [6, 6.07) is 0. The fourth-order valence-corrected chi connectivity index (χ4v) is 1.93. The summed E-state index contributed by atoms with van der Waals surface area (Å²) in [5.74, 6) is -1.84. The number of amides is 1. The molecule has 0 aliphatic heterocycles. The maximum atomic E-state index is 11.9. The molecule has 22 heavy (non-hydrogen) atoms. The zero-order valence-electron chi connectivity index (χ0n) is 13.5. The summed E-state index contributed by atoms with van der Waals surface area (Å²) < 4.78 is 10.0. The molecular weight excluding hydrogens is 308 g/mol. The largest absolute Gasteiger partial charge is 0.454 e. The first kappa shape index (κ1) is 18.1. The van der Waals surface area contributed by atoms with E-state index in [2.05, 4.69) is 10.3 Å². The molecule has 1 aromatic rings. The van der Waals surface area contributed by atoms with Crippen molar-refractivity contribution >= 4 is 34.3 Å². The fourth-order valence-electron chi connectivity index (χ4n) is 1.26. The Morgan fingerprint density at radius 3 is 2.09 bits per heavy atom. The van der Waals surface area contributed by atoms with E-state index in [0.29, 0.717) is 0 Å². The number of anilines is 1. The van der Waals surface area contributed by atoms with E-state index in [9.17, 15) is 14.4 Å².